The molecule has 1 aliphatic rings. The van der Waals surface area contributed by atoms with E-state index in [4.69, 9.17) is 32.0 Å². The topological polar surface area (TPSA) is 160 Å². The Morgan fingerprint density at radius 1 is 0.745 bits per heavy atom. The molecule has 3 aromatic rings. The highest BCUT2D eigenvalue weighted by Gasteiger charge is 2.46. The summed E-state index contributed by atoms with van der Waals surface area (Å²) in [5.41, 5.74) is -0.140. The second-order valence-electron chi connectivity index (χ2n) is 10.8. The Hall–Kier alpha value is -3.62. The molecule has 47 heavy (non-hydrogen) atoms. The van der Waals surface area contributed by atoms with E-state index < -0.39 is 36.9 Å². The van der Waals surface area contributed by atoms with Crippen LogP contribution in [0.1, 0.15) is 30.0 Å². The number of hydrogen-bond acceptors (Lipinski definition) is 10. The van der Waals surface area contributed by atoms with Gasteiger partial charge in [0, 0.05) is 39.8 Å². The third kappa shape index (κ3) is 14.0. The van der Waals surface area contributed by atoms with E-state index in [1.54, 1.807) is 5.92 Å². The van der Waals surface area contributed by atoms with E-state index in [1.165, 1.54) is 12.0 Å². The van der Waals surface area contributed by atoms with Crippen molar-refractivity contribution >= 4 is 0 Å². The van der Waals surface area contributed by atoms with Crippen LogP contribution < -0.4 is 5.32 Å². The lowest BCUT2D eigenvalue weighted by atomic mass is 10.00. The number of benzene rings is 3. The molecule has 0 aliphatic carbocycles. The molecule has 0 amide bonds. The lowest BCUT2D eigenvalue weighted by molar-refractivity contribution is -0.170. The van der Waals surface area contributed by atoms with Crippen LogP contribution in [0.3, 0.4) is 0 Å². The maximum atomic E-state index is 10.9. The maximum Gasteiger partial charge on any atom is 0.199 e. The van der Waals surface area contributed by atoms with Gasteiger partial charge in [-0.25, -0.2) is 0 Å². The van der Waals surface area contributed by atoms with E-state index in [9.17, 15) is 10.2 Å². The summed E-state index contributed by atoms with van der Waals surface area (Å²) in [7, 11) is 1.00. The highest BCUT2D eigenvalue weighted by Crippen LogP contribution is 2.28. The SMILES string of the molecule is C#C[C@@](O)(CO)C(O)O.C#C[C@@](O)(CO)C1N(Cc2ccccc2)CCN1Cc1ccccc1.CCCNCc1ccccc1.CO. The molecular formula is C37H51N3O7. The van der Waals surface area contributed by atoms with Crippen molar-refractivity contribution in [3.63, 3.8) is 0 Å². The number of terminal acetylenes is 2. The van der Waals surface area contributed by atoms with Crippen LogP contribution in [-0.2, 0) is 19.6 Å². The lowest BCUT2D eigenvalue weighted by Crippen LogP contribution is -2.57. The molecule has 8 N–H and O–H groups in total. The van der Waals surface area contributed by atoms with Gasteiger partial charge in [-0.3, -0.25) is 9.80 Å². The Bertz CT molecular complexity index is 1250. The van der Waals surface area contributed by atoms with Crippen molar-refractivity contribution in [2.24, 2.45) is 0 Å². The van der Waals surface area contributed by atoms with Crippen molar-refractivity contribution in [2.75, 3.05) is 40.0 Å². The van der Waals surface area contributed by atoms with E-state index in [0.29, 0.717) is 13.1 Å². The lowest BCUT2D eigenvalue weighted by Gasteiger charge is -2.39. The summed E-state index contributed by atoms with van der Waals surface area (Å²) in [4.78, 5) is 4.29. The van der Waals surface area contributed by atoms with Crippen molar-refractivity contribution in [2.45, 2.75) is 56.6 Å². The molecule has 0 unspecified atom stereocenters. The Labute approximate surface area is 279 Å². The number of hydrogen-bond donors (Lipinski definition) is 8. The second-order valence-corrected chi connectivity index (χ2v) is 10.8. The monoisotopic (exact) mass is 649 g/mol. The third-order valence-electron chi connectivity index (χ3n) is 7.26. The van der Waals surface area contributed by atoms with Crippen LogP contribution in [0.2, 0.25) is 0 Å². The molecule has 1 aliphatic heterocycles. The van der Waals surface area contributed by atoms with Gasteiger partial charge in [-0.15, -0.1) is 12.8 Å². The zero-order chi connectivity index (χ0) is 35.1. The van der Waals surface area contributed by atoms with Crippen LogP contribution in [0.4, 0.5) is 0 Å². The number of aliphatic hydroxyl groups excluding tert-OH is 4. The van der Waals surface area contributed by atoms with E-state index in [1.807, 2.05) is 42.5 Å². The van der Waals surface area contributed by atoms with Crippen LogP contribution in [0.5, 0.6) is 0 Å². The molecule has 3 aromatic carbocycles. The van der Waals surface area contributed by atoms with Crippen molar-refractivity contribution < 1.29 is 35.7 Å². The van der Waals surface area contributed by atoms with Crippen LogP contribution in [0.15, 0.2) is 91.0 Å². The predicted molar refractivity (Wildman–Crippen MR) is 184 cm³/mol. The Kier molecular flexibility index (Phi) is 20.1. The molecule has 1 heterocycles. The first-order chi connectivity index (χ1) is 22.7. The third-order valence-corrected chi connectivity index (χ3v) is 7.26. The molecule has 10 heteroatoms. The van der Waals surface area contributed by atoms with Gasteiger partial charge in [0.1, 0.15) is 6.17 Å². The first-order valence-electron chi connectivity index (χ1n) is 15.4. The van der Waals surface area contributed by atoms with Gasteiger partial charge in [0.2, 0.25) is 0 Å². The summed E-state index contributed by atoms with van der Waals surface area (Å²) in [5.74, 6) is 4.06. The fraction of sp³-hybridized carbons (Fsp3) is 0.405. The van der Waals surface area contributed by atoms with Gasteiger partial charge in [0.05, 0.1) is 13.2 Å². The summed E-state index contributed by atoms with van der Waals surface area (Å²) in [6.07, 6.45) is 8.90. The molecule has 10 nitrogen and oxygen atoms in total. The van der Waals surface area contributed by atoms with E-state index in [-0.39, 0.29) is 0 Å². The maximum absolute atomic E-state index is 10.9. The molecule has 0 bridgehead atoms. The largest absolute Gasteiger partial charge is 0.400 e. The molecule has 0 saturated carbocycles. The van der Waals surface area contributed by atoms with E-state index in [2.05, 4.69) is 82.9 Å². The van der Waals surface area contributed by atoms with Gasteiger partial charge in [0.25, 0.3) is 0 Å². The van der Waals surface area contributed by atoms with E-state index in [0.717, 1.165) is 44.4 Å². The number of nitrogens with zero attached hydrogens (tertiary/aromatic N) is 2. The van der Waals surface area contributed by atoms with Crippen LogP contribution in [-0.4, -0.2) is 109 Å². The average molecular weight is 650 g/mol. The Balaban J connectivity index is 0.000000415. The summed E-state index contributed by atoms with van der Waals surface area (Å²) < 4.78 is 0. The summed E-state index contributed by atoms with van der Waals surface area (Å²) in [5, 5.41) is 64.5. The van der Waals surface area contributed by atoms with Crippen LogP contribution in [0, 0.1) is 24.7 Å². The van der Waals surface area contributed by atoms with Gasteiger partial charge in [-0.05, 0) is 29.7 Å². The van der Waals surface area contributed by atoms with Gasteiger partial charge in [0.15, 0.2) is 17.5 Å². The van der Waals surface area contributed by atoms with E-state index >= 15 is 0 Å². The minimum Gasteiger partial charge on any atom is -0.400 e. The van der Waals surface area contributed by atoms with Crippen molar-refractivity contribution in [1.82, 2.24) is 15.1 Å². The fourth-order valence-electron chi connectivity index (χ4n) is 4.71. The second kappa shape index (κ2) is 22.8. The first-order valence-corrected chi connectivity index (χ1v) is 15.4. The summed E-state index contributed by atoms with van der Waals surface area (Å²) in [6, 6.07) is 30.7. The fourth-order valence-corrected chi connectivity index (χ4v) is 4.71. The Morgan fingerprint density at radius 3 is 1.47 bits per heavy atom. The van der Waals surface area contributed by atoms with Crippen molar-refractivity contribution in [1.29, 1.82) is 0 Å². The smallest absolute Gasteiger partial charge is 0.199 e. The number of nitrogens with one attached hydrogen (secondary N) is 1. The minimum atomic E-state index is -2.22. The first kappa shape index (κ1) is 41.4. The van der Waals surface area contributed by atoms with Gasteiger partial charge in [-0.1, -0.05) is 110 Å². The molecular weight excluding hydrogens is 598 g/mol. The Morgan fingerprint density at radius 2 is 1.17 bits per heavy atom. The van der Waals surface area contributed by atoms with Crippen molar-refractivity contribution in [3.05, 3.63) is 108 Å². The molecule has 0 spiro atoms. The van der Waals surface area contributed by atoms with Gasteiger partial charge >= 0.3 is 0 Å². The summed E-state index contributed by atoms with van der Waals surface area (Å²) in [6.45, 7) is 5.88. The highest BCUT2D eigenvalue weighted by atomic mass is 16.5. The number of aliphatic hydroxyl groups is 7. The number of rotatable bonds is 12. The predicted octanol–water partition coefficient (Wildman–Crippen LogP) is 1.14. The molecule has 0 aromatic heterocycles. The molecule has 1 saturated heterocycles. The summed E-state index contributed by atoms with van der Waals surface area (Å²) >= 11 is 0. The van der Waals surface area contributed by atoms with Crippen molar-refractivity contribution in [3.8, 4) is 24.7 Å². The molecule has 2 atom stereocenters. The zero-order valence-corrected chi connectivity index (χ0v) is 27.4. The zero-order valence-electron chi connectivity index (χ0n) is 27.4. The van der Waals surface area contributed by atoms with Gasteiger partial charge < -0.3 is 41.1 Å². The molecule has 1 fully saturated rings. The van der Waals surface area contributed by atoms with Gasteiger partial charge in [-0.2, -0.15) is 0 Å². The quantitative estimate of drug-likeness (QED) is 0.0812. The van der Waals surface area contributed by atoms with Crippen LogP contribution >= 0.6 is 0 Å². The normalized spacial score (nSPS) is 15.7. The molecule has 256 valence electrons. The highest BCUT2D eigenvalue weighted by molar-refractivity contribution is 5.21. The standard InChI is InChI=1S/C21H24N2O2.C10H15N.C5H8O4.CH4O/c1-2-21(25,17-24)20-22(15-18-9-5-3-6-10-18)13-14-23(20)16-19-11-7-4-8-12-19;1-2-8-11-9-10-6-4-3-5-7-10;1-2-5(9,3-6)4(7)8;1-2/h1,3-12,20,24-25H,13-17H2;3-7,11H,2,8-9H2,1H3;1,4,6-9H,3H2;2H,1H3/t21-;;5-;/m1.1./s1. The van der Waals surface area contributed by atoms with Crippen LogP contribution in [0.25, 0.3) is 0 Å². The molecule has 4 rings (SSSR count). The molecule has 0 radical (unpaired) electrons. The minimum absolute atomic E-state index is 0.428. The average Bonchev–Trinajstić information content (AvgIpc) is 3.52.